The molecule has 3 aliphatic rings. The number of hydrogen-bond donors (Lipinski definition) is 0. The molecule has 0 N–H and O–H groups in total. The number of fused-ring (bicyclic) bond motifs is 5. The van der Waals surface area contributed by atoms with Gasteiger partial charge in [-0.15, -0.1) is 0 Å². The van der Waals surface area contributed by atoms with Crippen molar-refractivity contribution in [3.63, 3.8) is 0 Å². The molecule has 0 aliphatic heterocycles. The van der Waals surface area contributed by atoms with Crippen LogP contribution in [0.25, 0.3) is 11.1 Å². The molecule has 2 nitrogen and oxygen atoms in total. The lowest BCUT2D eigenvalue weighted by molar-refractivity contribution is 0.362. The van der Waals surface area contributed by atoms with Gasteiger partial charge in [-0.25, -0.2) is 17.6 Å². The molecule has 0 amide bonds. The maximum Gasteiger partial charge on any atom is 0.123 e. The van der Waals surface area contributed by atoms with Gasteiger partial charge in [-0.2, -0.15) is 0 Å². The van der Waals surface area contributed by atoms with Crippen molar-refractivity contribution >= 4 is 22.7 Å². The molecule has 0 bridgehead atoms. The first-order valence-corrected chi connectivity index (χ1v) is 18.0. The monoisotopic (exact) mass is 694 g/mol. The molecule has 0 spiro atoms. The highest BCUT2D eigenvalue weighted by atomic mass is 19.1. The van der Waals surface area contributed by atoms with Crippen molar-refractivity contribution in [1.29, 1.82) is 0 Å². The average Bonchev–Trinajstić information content (AvgIpc) is 3.72. The Hall–Kier alpha value is -5.36. The predicted molar refractivity (Wildman–Crippen MR) is 201 cm³/mol. The Bertz CT molecular complexity index is 2270. The van der Waals surface area contributed by atoms with Crippen molar-refractivity contribution < 1.29 is 17.6 Å². The standard InChI is InChI=1S/C46H38F4N2/c1-5-45(51(33-15-7-29(47)8-16-33)34-17-9-30(48)10-18-34)27-28-23-37-38-24-42-43(26-41(38)44(3,4)40(37)25-39(28)45)46(42,6-2)52(35-19-11-31(49)12-20-35)36-21-13-32(50)14-22-36/h7-26H,5-6,27H2,1-4H3. The van der Waals surface area contributed by atoms with Gasteiger partial charge in [-0.3, -0.25) is 0 Å². The van der Waals surface area contributed by atoms with E-state index in [1.165, 1.54) is 93.0 Å². The van der Waals surface area contributed by atoms with Gasteiger partial charge < -0.3 is 9.80 Å². The van der Waals surface area contributed by atoms with Gasteiger partial charge in [0.05, 0.1) is 11.1 Å². The summed E-state index contributed by atoms with van der Waals surface area (Å²) in [6.45, 7) is 8.93. The molecule has 2 unspecified atom stereocenters. The molecule has 260 valence electrons. The quantitative estimate of drug-likeness (QED) is 0.146. The van der Waals surface area contributed by atoms with Crippen molar-refractivity contribution in [2.75, 3.05) is 9.80 Å². The van der Waals surface area contributed by atoms with Crippen LogP contribution in [0.3, 0.4) is 0 Å². The summed E-state index contributed by atoms with van der Waals surface area (Å²) in [5.74, 6) is -1.21. The molecule has 0 saturated heterocycles. The van der Waals surface area contributed by atoms with E-state index in [1.54, 1.807) is 48.5 Å². The first kappa shape index (κ1) is 32.5. The second-order valence-corrected chi connectivity index (χ2v) is 15.0. The van der Waals surface area contributed by atoms with Gasteiger partial charge >= 0.3 is 0 Å². The Morgan fingerprint density at radius 3 is 1.27 bits per heavy atom. The van der Waals surface area contributed by atoms with Crippen molar-refractivity contribution in [1.82, 2.24) is 0 Å². The van der Waals surface area contributed by atoms with Crippen molar-refractivity contribution in [3.8, 4) is 11.1 Å². The highest BCUT2D eigenvalue weighted by Gasteiger charge is 2.57. The number of anilines is 4. The molecule has 0 radical (unpaired) electrons. The van der Waals surface area contributed by atoms with E-state index in [1.807, 2.05) is 0 Å². The molecule has 2 atom stereocenters. The summed E-state index contributed by atoms with van der Waals surface area (Å²) in [6, 6.07) is 35.7. The van der Waals surface area contributed by atoms with Crippen LogP contribution >= 0.6 is 0 Å². The zero-order valence-corrected chi connectivity index (χ0v) is 29.6. The molecule has 9 rings (SSSR count). The molecule has 0 saturated carbocycles. The van der Waals surface area contributed by atoms with Crippen LogP contribution in [-0.4, -0.2) is 0 Å². The Morgan fingerprint density at radius 2 is 0.846 bits per heavy atom. The van der Waals surface area contributed by atoms with Crippen molar-refractivity contribution in [2.45, 2.75) is 63.5 Å². The minimum Gasteiger partial charge on any atom is -0.331 e. The normalized spacial score (nSPS) is 19.9. The number of nitrogens with zero attached hydrogens (tertiary/aromatic N) is 2. The fraction of sp³-hybridized carbons (Fsp3) is 0.217. The van der Waals surface area contributed by atoms with E-state index in [4.69, 9.17) is 0 Å². The Balaban J connectivity index is 1.16. The van der Waals surface area contributed by atoms with Crippen LogP contribution in [0.1, 0.15) is 73.9 Å². The zero-order chi connectivity index (χ0) is 36.2. The van der Waals surface area contributed by atoms with Gasteiger partial charge in [0, 0.05) is 34.6 Å². The Morgan fingerprint density at radius 1 is 0.462 bits per heavy atom. The fourth-order valence-corrected chi connectivity index (χ4v) is 9.39. The van der Waals surface area contributed by atoms with Crippen LogP contribution < -0.4 is 9.80 Å². The van der Waals surface area contributed by atoms with Crippen LogP contribution in [-0.2, 0) is 22.9 Å². The third kappa shape index (κ3) is 4.49. The first-order chi connectivity index (χ1) is 25.0. The van der Waals surface area contributed by atoms with Gasteiger partial charge in [0.25, 0.3) is 0 Å². The predicted octanol–water partition coefficient (Wildman–Crippen LogP) is 12.4. The number of hydrogen-bond acceptors (Lipinski definition) is 2. The van der Waals surface area contributed by atoms with Crippen molar-refractivity contribution in [2.24, 2.45) is 0 Å². The van der Waals surface area contributed by atoms with E-state index >= 15 is 0 Å². The number of halogens is 4. The largest absolute Gasteiger partial charge is 0.331 e. The molecule has 6 heteroatoms. The molecule has 6 aromatic rings. The summed E-state index contributed by atoms with van der Waals surface area (Å²) < 4.78 is 56.5. The summed E-state index contributed by atoms with van der Waals surface area (Å²) in [5, 5.41) is 0. The molecular weight excluding hydrogens is 657 g/mol. The molecule has 52 heavy (non-hydrogen) atoms. The lowest BCUT2D eigenvalue weighted by atomic mass is 9.65. The zero-order valence-electron chi connectivity index (χ0n) is 29.6. The second kappa shape index (κ2) is 11.3. The molecule has 0 aromatic heterocycles. The van der Waals surface area contributed by atoms with E-state index in [2.05, 4.69) is 61.8 Å². The second-order valence-electron chi connectivity index (χ2n) is 15.0. The topological polar surface area (TPSA) is 6.48 Å². The van der Waals surface area contributed by atoms with E-state index in [0.29, 0.717) is 0 Å². The SMILES string of the molecule is CCC1(N(c2ccc(F)cc2)c2ccc(F)cc2)Cc2cc3c(cc21)C(C)(C)c1cc2c(cc1-3)C2(CC)N(c1ccc(F)cc1)c1ccc(F)cc1. The first-order valence-electron chi connectivity index (χ1n) is 18.0. The van der Waals surface area contributed by atoms with Gasteiger partial charge in [-0.05, 0) is 160 Å². The fourth-order valence-electron chi connectivity index (χ4n) is 9.39. The lowest BCUT2D eigenvalue weighted by Gasteiger charge is -2.53. The highest BCUT2D eigenvalue weighted by Crippen LogP contribution is 2.64. The lowest BCUT2D eigenvalue weighted by Crippen LogP contribution is -2.51. The minimum atomic E-state index is -0.460. The average molecular weight is 695 g/mol. The van der Waals surface area contributed by atoms with Gasteiger partial charge in [0.15, 0.2) is 0 Å². The molecular formula is C46H38F4N2. The van der Waals surface area contributed by atoms with Crippen LogP contribution in [0.15, 0.2) is 121 Å². The van der Waals surface area contributed by atoms with E-state index in [0.717, 1.165) is 42.0 Å². The van der Waals surface area contributed by atoms with Gasteiger partial charge in [-0.1, -0.05) is 45.9 Å². The van der Waals surface area contributed by atoms with Crippen LogP contribution in [0, 0.1) is 23.3 Å². The van der Waals surface area contributed by atoms with E-state index in [-0.39, 0.29) is 28.7 Å². The maximum absolute atomic E-state index is 14.1. The van der Waals surface area contributed by atoms with Crippen molar-refractivity contribution in [3.05, 3.63) is 178 Å². The summed E-state index contributed by atoms with van der Waals surface area (Å²) in [7, 11) is 0. The third-order valence-electron chi connectivity index (χ3n) is 12.1. The van der Waals surface area contributed by atoms with Gasteiger partial charge in [0.2, 0.25) is 0 Å². The summed E-state index contributed by atoms with van der Waals surface area (Å²) >= 11 is 0. The number of benzene rings is 6. The Kier molecular flexibility index (Phi) is 7.08. The Labute approximate surface area is 302 Å². The van der Waals surface area contributed by atoms with E-state index < -0.39 is 11.1 Å². The summed E-state index contributed by atoms with van der Waals surface area (Å²) in [4.78, 5) is 4.48. The third-order valence-corrected chi connectivity index (χ3v) is 12.1. The van der Waals surface area contributed by atoms with Crippen LogP contribution in [0.4, 0.5) is 40.3 Å². The molecule has 6 aromatic carbocycles. The van der Waals surface area contributed by atoms with Crippen LogP contribution in [0.5, 0.6) is 0 Å². The summed E-state index contributed by atoms with van der Waals surface area (Å²) in [6.07, 6.45) is 2.36. The van der Waals surface area contributed by atoms with E-state index in [9.17, 15) is 17.6 Å². The molecule has 3 aliphatic carbocycles. The molecule has 0 fully saturated rings. The number of rotatable bonds is 8. The molecule has 0 heterocycles. The maximum atomic E-state index is 14.1. The van der Waals surface area contributed by atoms with Gasteiger partial charge in [0.1, 0.15) is 23.3 Å². The smallest absolute Gasteiger partial charge is 0.123 e. The minimum absolute atomic E-state index is 0.301. The summed E-state index contributed by atoms with van der Waals surface area (Å²) in [5.41, 5.74) is 12.1. The highest BCUT2D eigenvalue weighted by molar-refractivity contribution is 5.88. The van der Waals surface area contributed by atoms with Crippen LogP contribution in [0.2, 0.25) is 0 Å².